The van der Waals surface area contributed by atoms with Crippen LogP contribution < -0.4 is 0 Å². The van der Waals surface area contributed by atoms with E-state index in [1.54, 1.807) is 20.8 Å². The summed E-state index contributed by atoms with van der Waals surface area (Å²) in [6.07, 6.45) is -6.03. The minimum Gasteiger partial charge on any atom is -0.444 e. The van der Waals surface area contributed by atoms with E-state index in [4.69, 9.17) is 4.74 Å². The molecule has 22 heavy (non-hydrogen) atoms. The summed E-state index contributed by atoms with van der Waals surface area (Å²) in [6.45, 7) is 4.48. The van der Waals surface area contributed by atoms with E-state index in [1.165, 1.54) is 0 Å². The van der Waals surface area contributed by atoms with Gasteiger partial charge in [0.15, 0.2) is 6.10 Å². The number of ether oxygens (including phenoxy) is 1. The smallest absolute Gasteiger partial charge is 0.410 e. The van der Waals surface area contributed by atoms with Crippen LogP contribution in [0.4, 0.5) is 13.6 Å². The lowest BCUT2D eigenvalue weighted by Crippen LogP contribution is -2.59. The molecule has 0 radical (unpaired) electrons. The average molecular weight is 324 g/mol. The molecule has 1 heterocycles. The number of carbonyl (C=O) groups excluding carboxylic acids is 1. The Morgan fingerprint density at radius 3 is 2.45 bits per heavy atom. The van der Waals surface area contributed by atoms with E-state index >= 15 is 0 Å². The lowest BCUT2D eigenvalue weighted by molar-refractivity contribution is -0.587. The number of rotatable bonds is 3. The molecule has 0 aromatic rings. The molecule has 0 spiro atoms. The molecule has 0 aromatic heterocycles. The fourth-order valence-corrected chi connectivity index (χ4v) is 2.44. The zero-order valence-electron chi connectivity index (χ0n) is 12.9. The molecule has 1 aliphatic heterocycles. The summed E-state index contributed by atoms with van der Waals surface area (Å²) in [6, 6.07) is 0. The maximum Gasteiger partial charge on any atom is 0.410 e. The molecule has 0 aliphatic carbocycles. The molecule has 9 heteroatoms. The molecular formula is C13H22F2N2O5. The standard InChI is InChI=1S/C13H22F2N2O5/c1-12(2,3)22-11(19)16-7-5-4-6-13(8-16,17(20)21)9(18)10(14)15/h9-10,18H,4-8H2,1-3H3. The number of carbonyl (C=O) groups is 1. The quantitative estimate of drug-likeness (QED) is 0.633. The fraction of sp³-hybridized carbons (Fsp3) is 0.923. The maximum atomic E-state index is 12.9. The van der Waals surface area contributed by atoms with E-state index in [2.05, 4.69) is 0 Å². The average Bonchev–Trinajstić information content (AvgIpc) is 2.59. The number of alkyl halides is 2. The van der Waals surface area contributed by atoms with E-state index in [0.717, 1.165) is 4.90 Å². The number of halogens is 2. The molecule has 1 amide bonds. The van der Waals surface area contributed by atoms with E-state index < -0.39 is 41.2 Å². The number of aliphatic hydroxyl groups is 1. The van der Waals surface area contributed by atoms with Gasteiger partial charge in [-0.05, 0) is 33.6 Å². The minimum absolute atomic E-state index is 0.167. The monoisotopic (exact) mass is 324 g/mol. The van der Waals surface area contributed by atoms with Crippen molar-refractivity contribution in [2.75, 3.05) is 13.1 Å². The molecule has 1 fully saturated rings. The van der Waals surface area contributed by atoms with Gasteiger partial charge in [0, 0.05) is 17.9 Å². The topological polar surface area (TPSA) is 92.9 Å². The molecule has 2 atom stereocenters. The summed E-state index contributed by atoms with van der Waals surface area (Å²) >= 11 is 0. The fourth-order valence-electron chi connectivity index (χ4n) is 2.44. The Kier molecular flexibility index (Phi) is 5.66. The van der Waals surface area contributed by atoms with Crippen LogP contribution in [0.15, 0.2) is 0 Å². The van der Waals surface area contributed by atoms with Crippen LogP contribution in [-0.2, 0) is 4.74 Å². The zero-order valence-corrected chi connectivity index (χ0v) is 12.9. The van der Waals surface area contributed by atoms with E-state index in [0.29, 0.717) is 6.42 Å². The molecule has 1 N–H and O–H groups in total. The normalized spacial score (nSPS) is 24.8. The Labute approximate surface area is 127 Å². The van der Waals surface area contributed by atoms with Crippen molar-refractivity contribution in [2.45, 2.75) is 63.7 Å². The summed E-state index contributed by atoms with van der Waals surface area (Å²) in [5.41, 5.74) is -3.08. The molecule has 7 nitrogen and oxygen atoms in total. The van der Waals surface area contributed by atoms with Gasteiger partial charge in [-0.3, -0.25) is 10.1 Å². The number of nitro groups is 1. The Balaban J connectivity index is 3.04. The Morgan fingerprint density at radius 2 is 2.00 bits per heavy atom. The SMILES string of the molecule is CC(C)(C)OC(=O)N1CCCCC(C(O)C(F)F)([N+](=O)[O-])C1. The summed E-state index contributed by atoms with van der Waals surface area (Å²) < 4.78 is 30.9. The summed E-state index contributed by atoms with van der Waals surface area (Å²) in [5.74, 6) is 0. The Hall–Kier alpha value is -1.51. The van der Waals surface area contributed by atoms with Gasteiger partial charge in [-0.25, -0.2) is 13.6 Å². The van der Waals surface area contributed by atoms with Gasteiger partial charge >= 0.3 is 6.09 Å². The molecule has 1 aliphatic rings. The highest BCUT2D eigenvalue weighted by Gasteiger charge is 2.56. The second kappa shape index (κ2) is 6.72. The number of amides is 1. The third-order valence-corrected chi connectivity index (χ3v) is 3.56. The zero-order chi connectivity index (χ0) is 17.1. The highest BCUT2D eigenvalue weighted by molar-refractivity contribution is 5.68. The number of aliphatic hydroxyl groups excluding tert-OH is 1. The summed E-state index contributed by atoms with van der Waals surface area (Å²) in [4.78, 5) is 23.6. The molecule has 1 saturated heterocycles. The van der Waals surface area contributed by atoms with Crippen LogP contribution >= 0.6 is 0 Å². The number of nitrogens with zero attached hydrogens (tertiary/aromatic N) is 2. The molecule has 0 bridgehead atoms. The third kappa shape index (κ3) is 4.25. The first kappa shape index (κ1) is 18.5. The van der Waals surface area contributed by atoms with Crippen LogP contribution in [0.2, 0.25) is 0 Å². The molecule has 0 aromatic carbocycles. The lowest BCUT2D eigenvalue weighted by Gasteiger charge is -2.33. The largest absolute Gasteiger partial charge is 0.444 e. The first-order valence-corrected chi connectivity index (χ1v) is 7.08. The van der Waals surface area contributed by atoms with Gasteiger partial charge in [0.25, 0.3) is 12.0 Å². The minimum atomic E-state index is -3.26. The van der Waals surface area contributed by atoms with Crippen LogP contribution in [-0.4, -0.2) is 57.8 Å². The van der Waals surface area contributed by atoms with Crippen LogP contribution in [0.1, 0.15) is 40.0 Å². The van der Waals surface area contributed by atoms with Gasteiger partial charge in [-0.1, -0.05) is 0 Å². The second-order valence-corrected chi connectivity index (χ2v) is 6.50. The van der Waals surface area contributed by atoms with Gasteiger partial charge < -0.3 is 14.7 Å². The van der Waals surface area contributed by atoms with Crippen LogP contribution in [0.3, 0.4) is 0 Å². The maximum absolute atomic E-state index is 12.9. The lowest BCUT2D eigenvalue weighted by atomic mass is 9.88. The van der Waals surface area contributed by atoms with E-state index in [1.807, 2.05) is 0 Å². The van der Waals surface area contributed by atoms with Crippen LogP contribution in [0.5, 0.6) is 0 Å². The van der Waals surface area contributed by atoms with Crippen molar-refractivity contribution < 1.29 is 28.3 Å². The molecule has 0 saturated carbocycles. The van der Waals surface area contributed by atoms with Crippen molar-refractivity contribution in [2.24, 2.45) is 0 Å². The number of hydrogen-bond donors (Lipinski definition) is 1. The summed E-state index contributed by atoms with van der Waals surface area (Å²) in [5, 5.41) is 21.0. The third-order valence-electron chi connectivity index (χ3n) is 3.56. The van der Waals surface area contributed by atoms with Crippen LogP contribution in [0, 0.1) is 10.1 Å². The van der Waals surface area contributed by atoms with Crippen molar-refractivity contribution >= 4 is 6.09 Å². The molecular weight excluding hydrogens is 302 g/mol. The number of likely N-dealkylation sites (tertiary alicyclic amines) is 1. The summed E-state index contributed by atoms with van der Waals surface area (Å²) in [7, 11) is 0. The van der Waals surface area contributed by atoms with Gasteiger partial charge in [-0.2, -0.15) is 0 Å². The van der Waals surface area contributed by atoms with Gasteiger partial charge in [-0.15, -0.1) is 0 Å². The van der Waals surface area contributed by atoms with E-state index in [-0.39, 0.29) is 19.4 Å². The van der Waals surface area contributed by atoms with Gasteiger partial charge in [0.05, 0.1) is 6.54 Å². The van der Waals surface area contributed by atoms with Crippen molar-refractivity contribution in [1.29, 1.82) is 0 Å². The van der Waals surface area contributed by atoms with Crippen molar-refractivity contribution in [1.82, 2.24) is 4.90 Å². The second-order valence-electron chi connectivity index (χ2n) is 6.50. The van der Waals surface area contributed by atoms with Crippen LogP contribution in [0.25, 0.3) is 0 Å². The Morgan fingerprint density at radius 1 is 1.41 bits per heavy atom. The highest BCUT2D eigenvalue weighted by Crippen LogP contribution is 2.31. The first-order chi connectivity index (χ1) is 9.99. The number of hydrogen-bond acceptors (Lipinski definition) is 5. The first-order valence-electron chi connectivity index (χ1n) is 7.08. The predicted octanol–water partition coefficient (Wildman–Crippen LogP) is 2.05. The van der Waals surface area contributed by atoms with Gasteiger partial charge in [0.2, 0.25) is 0 Å². The highest BCUT2D eigenvalue weighted by atomic mass is 19.3. The van der Waals surface area contributed by atoms with Gasteiger partial charge in [0.1, 0.15) is 5.60 Å². The molecule has 128 valence electrons. The molecule has 1 rings (SSSR count). The van der Waals surface area contributed by atoms with E-state index in [9.17, 15) is 28.8 Å². The van der Waals surface area contributed by atoms with Crippen molar-refractivity contribution in [3.8, 4) is 0 Å². The van der Waals surface area contributed by atoms with Crippen molar-refractivity contribution in [3.63, 3.8) is 0 Å². The predicted molar refractivity (Wildman–Crippen MR) is 73.4 cm³/mol. The molecule has 2 unspecified atom stereocenters. The van der Waals surface area contributed by atoms with Crippen molar-refractivity contribution in [3.05, 3.63) is 10.1 Å². The Bertz CT molecular complexity index is 427.